The van der Waals surface area contributed by atoms with E-state index in [-0.39, 0.29) is 12.6 Å². The van der Waals surface area contributed by atoms with E-state index in [2.05, 4.69) is 5.32 Å². The first-order chi connectivity index (χ1) is 7.02. The molecule has 1 aliphatic heterocycles. The Hall–Kier alpha value is -0.780. The summed E-state index contributed by atoms with van der Waals surface area (Å²) in [4.78, 5) is 0. The maximum atomic E-state index is 12.4. The van der Waals surface area contributed by atoms with Gasteiger partial charge < -0.3 is 10.1 Å². The van der Waals surface area contributed by atoms with Crippen molar-refractivity contribution in [3.63, 3.8) is 0 Å². The lowest BCUT2D eigenvalue weighted by Crippen LogP contribution is -2.41. The molecule has 0 aliphatic carbocycles. The monoisotopic (exact) mass is 227 g/mol. The van der Waals surface area contributed by atoms with Crippen molar-refractivity contribution in [3.05, 3.63) is 12.3 Å². The van der Waals surface area contributed by atoms with Crippen LogP contribution in [0.25, 0.3) is 0 Å². The highest BCUT2D eigenvalue weighted by molar-refractivity contribution is 4.83. The molecule has 0 aromatic carbocycles. The second-order valence-electron chi connectivity index (χ2n) is 3.40. The first-order valence-electron chi connectivity index (χ1n) is 4.69. The maximum Gasteiger partial charge on any atom is 0.319 e. The van der Waals surface area contributed by atoms with Crippen LogP contribution in [-0.4, -0.2) is 31.5 Å². The molecule has 2 nitrogen and oxygen atoms in total. The van der Waals surface area contributed by atoms with Gasteiger partial charge in [-0.25, -0.2) is 8.78 Å². The van der Waals surface area contributed by atoms with E-state index in [0.717, 1.165) is 6.42 Å². The number of rotatable bonds is 5. The fraction of sp³-hybridized carbons (Fsp3) is 0.778. The van der Waals surface area contributed by atoms with Gasteiger partial charge in [0, 0.05) is 6.54 Å². The summed E-state index contributed by atoms with van der Waals surface area (Å²) in [6.45, 7) is -0.860. The molecule has 1 heterocycles. The Balaban J connectivity index is 2.18. The third-order valence-electron chi connectivity index (χ3n) is 2.07. The van der Waals surface area contributed by atoms with Crippen molar-refractivity contribution in [2.75, 3.05) is 13.1 Å². The van der Waals surface area contributed by atoms with Gasteiger partial charge in [0.15, 0.2) is 0 Å². The van der Waals surface area contributed by atoms with Crippen molar-refractivity contribution < 1.29 is 22.3 Å². The fourth-order valence-electron chi connectivity index (χ4n) is 1.21. The van der Waals surface area contributed by atoms with E-state index < -0.39 is 18.9 Å². The van der Waals surface area contributed by atoms with E-state index in [1.807, 2.05) is 6.08 Å². The van der Waals surface area contributed by atoms with Crippen LogP contribution in [0.2, 0.25) is 0 Å². The molecule has 0 saturated heterocycles. The Morgan fingerprint density at radius 3 is 2.73 bits per heavy atom. The van der Waals surface area contributed by atoms with Crippen LogP contribution in [0.15, 0.2) is 12.3 Å². The van der Waals surface area contributed by atoms with Gasteiger partial charge in [-0.15, -0.1) is 0 Å². The fourth-order valence-corrected chi connectivity index (χ4v) is 1.21. The van der Waals surface area contributed by atoms with Crippen molar-refractivity contribution in [2.24, 2.45) is 0 Å². The standard InChI is InChI=1S/C9H13F4NO/c10-8(11)9(12,13)6-14-5-7-3-1-2-4-15-7/h2,4,7-8,14H,1,3,5-6H2. The molecule has 0 spiro atoms. The number of hydrogen-bond donors (Lipinski definition) is 1. The lowest BCUT2D eigenvalue weighted by Gasteiger charge is -2.21. The van der Waals surface area contributed by atoms with Gasteiger partial charge in [0.2, 0.25) is 0 Å². The summed E-state index contributed by atoms with van der Waals surface area (Å²) in [7, 11) is 0. The molecule has 0 saturated carbocycles. The maximum absolute atomic E-state index is 12.4. The van der Waals surface area contributed by atoms with Crippen LogP contribution in [0, 0.1) is 0 Å². The smallest absolute Gasteiger partial charge is 0.319 e. The highest BCUT2D eigenvalue weighted by atomic mass is 19.3. The van der Waals surface area contributed by atoms with Crippen LogP contribution in [0.1, 0.15) is 12.8 Å². The van der Waals surface area contributed by atoms with Crippen molar-refractivity contribution >= 4 is 0 Å². The molecule has 0 radical (unpaired) electrons. The highest BCUT2D eigenvalue weighted by Crippen LogP contribution is 2.21. The quantitative estimate of drug-likeness (QED) is 0.727. The van der Waals surface area contributed by atoms with Crippen LogP contribution in [0.4, 0.5) is 17.6 Å². The largest absolute Gasteiger partial charge is 0.497 e. The summed E-state index contributed by atoms with van der Waals surface area (Å²) in [5.74, 6) is -3.97. The van der Waals surface area contributed by atoms with Crippen LogP contribution in [-0.2, 0) is 4.74 Å². The van der Waals surface area contributed by atoms with Crippen molar-refractivity contribution in [3.8, 4) is 0 Å². The van der Waals surface area contributed by atoms with E-state index in [1.54, 1.807) is 0 Å². The lowest BCUT2D eigenvalue weighted by atomic mass is 10.1. The molecule has 1 aliphatic rings. The minimum absolute atomic E-state index is 0.159. The summed E-state index contributed by atoms with van der Waals surface area (Å²) >= 11 is 0. The van der Waals surface area contributed by atoms with Crippen LogP contribution >= 0.6 is 0 Å². The molecule has 15 heavy (non-hydrogen) atoms. The molecule has 0 amide bonds. The minimum Gasteiger partial charge on any atom is -0.497 e. The predicted molar refractivity (Wildman–Crippen MR) is 47.1 cm³/mol. The average Bonchev–Trinajstić information content (AvgIpc) is 2.19. The number of alkyl halides is 4. The van der Waals surface area contributed by atoms with E-state index in [9.17, 15) is 17.6 Å². The molecule has 1 unspecified atom stereocenters. The number of allylic oxidation sites excluding steroid dienone is 1. The molecule has 0 bridgehead atoms. The van der Waals surface area contributed by atoms with Crippen LogP contribution in [0.3, 0.4) is 0 Å². The molecule has 6 heteroatoms. The molecule has 0 aromatic heterocycles. The van der Waals surface area contributed by atoms with Gasteiger partial charge in [-0.2, -0.15) is 8.78 Å². The zero-order valence-corrected chi connectivity index (χ0v) is 8.06. The minimum atomic E-state index is -3.97. The summed E-state index contributed by atoms with van der Waals surface area (Å²) in [6.07, 6.45) is 1.02. The lowest BCUT2D eigenvalue weighted by molar-refractivity contribution is -0.125. The van der Waals surface area contributed by atoms with E-state index in [4.69, 9.17) is 4.74 Å². The molecule has 1 atom stereocenters. The second-order valence-corrected chi connectivity index (χ2v) is 3.40. The zero-order chi connectivity index (χ0) is 11.3. The number of ether oxygens (including phenoxy) is 1. The van der Waals surface area contributed by atoms with Crippen LogP contribution in [0.5, 0.6) is 0 Å². The zero-order valence-electron chi connectivity index (χ0n) is 8.06. The van der Waals surface area contributed by atoms with Gasteiger partial charge in [-0.05, 0) is 18.9 Å². The summed E-state index contributed by atoms with van der Waals surface area (Å²) in [5.41, 5.74) is 0. The van der Waals surface area contributed by atoms with Crippen LogP contribution < -0.4 is 5.32 Å². The number of halogens is 4. The Kier molecular flexibility index (Phi) is 4.38. The number of hydrogen-bond acceptors (Lipinski definition) is 2. The molecular weight excluding hydrogens is 214 g/mol. The van der Waals surface area contributed by atoms with E-state index in [1.165, 1.54) is 6.26 Å². The van der Waals surface area contributed by atoms with Gasteiger partial charge in [-0.3, -0.25) is 0 Å². The normalized spacial score (nSPS) is 21.8. The Morgan fingerprint density at radius 1 is 1.47 bits per heavy atom. The van der Waals surface area contributed by atoms with Crippen molar-refractivity contribution in [2.45, 2.75) is 31.3 Å². The Labute approximate surface area is 85.3 Å². The highest BCUT2D eigenvalue weighted by Gasteiger charge is 2.40. The molecule has 1 rings (SSSR count). The van der Waals surface area contributed by atoms with E-state index >= 15 is 0 Å². The molecule has 0 fully saturated rings. The van der Waals surface area contributed by atoms with Gasteiger partial charge in [0.05, 0.1) is 12.8 Å². The Bertz CT molecular complexity index is 220. The van der Waals surface area contributed by atoms with E-state index in [0.29, 0.717) is 6.42 Å². The molecule has 0 aromatic rings. The molecular formula is C9H13F4NO. The third kappa shape index (κ3) is 4.07. The van der Waals surface area contributed by atoms with Gasteiger partial charge in [0.1, 0.15) is 6.10 Å². The molecule has 1 N–H and O–H groups in total. The van der Waals surface area contributed by atoms with Crippen molar-refractivity contribution in [1.82, 2.24) is 5.32 Å². The predicted octanol–water partition coefficient (Wildman–Crippen LogP) is 2.17. The van der Waals surface area contributed by atoms with Gasteiger partial charge in [-0.1, -0.05) is 0 Å². The third-order valence-corrected chi connectivity index (χ3v) is 2.07. The summed E-state index contributed by atoms with van der Waals surface area (Å²) < 4.78 is 53.4. The first kappa shape index (κ1) is 12.3. The average molecular weight is 227 g/mol. The summed E-state index contributed by atoms with van der Waals surface area (Å²) in [5, 5.41) is 2.29. The summed E-state index contributed by atoms with van der Waals surface area (Å²) in [6, 6.07) is 0. The SMILES string of the molecule is FC(F)C(F)(F)CNCC1CCC=CO1. The van der Waals surface area contributed by atoms with Gasteiger partial charge in [0.25, 0.3) is 0 Å². The second kappa shape index (κ2) is 5.34. The van der Waals surface area contributed by atoms with Crippen molar-refractivity contribution in [1.29, 1.82) is 0 Å². The number of nitrogens with one attached hydrogen (secondary N) is 1. The Morgan fingerprint density at radius 2 is 2.20 bits per heavy atom. The topological polar surface area (TPSA) is 21.3 Å². The van der Waals surface area contributed by atoms with Gasteiger partial charge >= 0.3 is 12.3 Å². The molecule has 88 valence electrons. The first-order valence-corrected chi connectivity index (χ1v) is 4.69.